The summed E-state index contributed by atoms with van der Waals surface area (Å²) in [5, 5.41) is 9.40. The topological polar surface area (TPSA) is 42.2 Å². The molecule has 22 heavy (non-hydrogen) atoms. The zero-order chi connectivity index (χ0) is 15.9. The summed E-state index contributed by atoms with van der Waals surface area (Å²) in [6.45, 7) is 4.58. The molecule has 3 heteroatoms. The van der Waals surface area contributed by atoms with Crippen LogP contribution in [0, 0.1) is 25.2 Å². The highest BCUT2D eigenvalue weighted by atomic mass is 16.5. The Hall–Kier alpha value is -2.47. The van der Waals surface area contributed by atoms with Crippen molar-refractivity contribution in [2.24, 2.45) is 0 Å². The van der Waals surface area contributed by atoms with E-state index in [9.17, 15) is 5.26 Å². The molecule has 0 saturated heterocycles. The molecule has 2 aromatic rings. The molecule has 2 aromatic carbocycles. The van der Waals surface area contributed by atoms with Crippen molar-refractivity contribution in [3.63, 3.8) is 0 Å². The fourth-order valence-electron chi connectivity index (χ4n) is 2.47. The second-order valence-corrected chi connectivity index (χ2v) is 5.32. The molecule has 1 atom stereocenters. The fourth-order valence-corrected chi connectivity index (χ4v) is 2.47. The smallest absolute Gasteiger partial charge is 0.125 e. The first-order valence-corrected chi connectivity index (χ1v) is 7.38. The van der Waals surface area contributed by atoms with E-state index in [1.165, 1.54) is 0 Å². The third-order valence-corrected chi connectivity index (χ3v) is 3.71. The molecule has 0 heterocycles. The van der Waals surface area contributed by atoms with E-state index in [2.05, 4.69) is 6.07 Å². The minimum Gasteiger partial charge on any atom is -0.497 e. The van der Waals surface area contributed by atoms with Crippen LogP contribution in [0.15, 0.2) is 42.5 Å². The van der Waals surface area contributed by atoms with Gasteiger partial charge in [-0.25, -0.2) is 0 Å². The lowest BCUT2D eigenvalue weighted by atomic mass is 9.97. The number of para-hydroxylation sites is 1. The molecule has 0 aliphatic carbocycles. The van der Waals surface area contributed by atoms with Crippen molar-refractivity contribution in [2.45, 2.75) is 26.2 Å². The summed E-state index contributed by atoms with van der Waals surface area (Å²) >= 11 is 0. The Morgan fingerprint density at radius 1 is 1.09 bits per heavy atom. The van der Waals surface area contributed by atoms with Gasteiger partial charge < -0.3 is 9.47 Å². The fraction of sp³-hybridized carbons (Fsp3) is 0.316. The molecule has 0 amide bonds. The summed E-state index contributed by atoms with van der Waals surface area (Å²) < 4.78 is 11.1. The predicted molar refractivity (Wildman–Crippen MR) is 87.4 cm³/mol. The van der Waals surface area contributed by atoms with Crippen LogP contribution in [0.25, 0.3) is 0 Å². The summed E-state index contributed by atoms with van der Waals surface area (Å²) in [5.74, 6) is 1.50. The molecule has 0 aromatic heterocycles. The van der Waals surface area contributed by atoms with E-state index in [1.54, 1.807) is 7.11 Å². The van der Waals surface area contributed by atoms with Gasteiger partial charge in [-0.3, -0.25) is 0 Å². The highest BCUT2D eigenvalue weighted by molar-refractivity contribution is 5.39. The van der Waals surface area contributed by atoms with Gasteiger partial charge in [0.05, 0.1) is 25.7 Å². The molecule has 0 radical (unpaired) electrons. The van der Waals surface area contributed by atoms with Gasteiger partial charge in [-0.15, -0.1) is 0 Å². The Morgan fingerprint density at radius 3 is 2.41 bits per heavy atom. The van der Waals surface area contributed by atoms with E-state index in [1.807, 2.05) is 56.3 Å². The summed E-state index contributed by atoms with van der Waals surface area (Å²) in [7, 11) is 1.63. The van der Waals surface area contributed by atoms with Gasteiger partial charge in [0.2, 0.25) is 0 Å². The van der Waals surface area contributed by atoms with Crippen molar-refractivity contribution in [2.75, 3.05) is 13.7 Å². The normalized spacial score (nSPS) is 11.5. The van der Waals surface area contributed by atoms with E-state index >= 15 is 0 Å². The zero-order valence-corrected chi connectivity index (χ0v) is 13.3. The summed E-state index contributed by atoms with van der Waals surface area (Å²) in [4.78, 5) is 0. The molecular weight excluding hydrogens is 274 g/mol. The van der Waals surface area contributed by atoms with Crippen molar-refractivity contribution < 1.29 is 9.47 Å². The Bertz CT molecular complexity index is 653. The zero-order valence-electron chi connectivity index (χ0n) is 13.3. The summed E-state index contributed by atoms with van der Waals surface area (Å²) in [5.41, 5.74) is 3.21. The largest absolute Gasteiger partial charge is 0.497 e. The van der Waals surface area contributed by atoms with Crippen LogP contribution in [0.5, 0.6) is 11.5 Å². The molecule has 1 unspecified atom stereocenters. The van der Waals surface area contributed by atoms with Gasteiger partial charge in [-0.1, -0.05) is 30.3 Å². The van der Waals surface area contributed by atoms with Crippen LogP contribution in [0.2, 0.25) is 0 Å². The number of hydrogen-bond donors (Lipinski definition) is 0. The van der Waals surface area contributed by atoms with Crippen molar-refractivity contribution in [3.8, 4) is 17.6 Å². The van der Waals surface area contributed by atoms with E-state index in [0.717, 1.165) is 28.2 Å². The Labute approximate surface area is 132 Å². The molecule has 0 N–H and O–H groups in total. The van der Waals surface area contributed by atoms with Gasteiger partial charge in [0, 0.05) is 6.42 Å². The molecule has 0 saturated carbocycles. The van der Waals surface area contributed by atoms with Crippen molar-refractivity contribution in [3.05, 3.63) is 59.2 Å². The number of rotatable bonds is 6. The van der Waals surface area contributed by atoms with Crippen molar-refractivity contribution in [1.29, 1.82) is 5.26 Å². The maximum atomic E-state index is 9.40. The van der Waals surface area contributed by atoms with Gasteiger partial charge >= 0.3 is 0 Å². The van der Waals surface area contributed by atoms with E-state index in [0.29, 0.717) is 13.0 Å². The number of hydrogen-bond acceptors (Lipinski definition) is 3. The molecule has 114 valence electrons. The van der Waals surface area contributed by atoms with Gasteiger partial charge in [0.15, 0.2) is 0 Å². The minimum atomic E-state index is -0.195. The first-order valence-electron chi connectivity index (χ1n) is 7.38. The van der Waals surface area contributed by atoms with Crippen LogP contribution in [-0.2, 0) is 0 Å². The lowest BCUT2D eigenvalue weighted by Crippen LogP contribution is -2.06. The standard InChI is InChI=1S/C19H21NO2/c1-14-6-4-7-15(2)19(14)22-11-10-17(13-20)16-8-5-9-18(12-16)21-3/h4-9,12,17H,10-11H2,1-3H3. The first kappa shape index (κ1) is 15.9. The van der Waals surface area contributed by atoms with Gasteiger partial charge in [-0.05, 0) is 42.7 Å². The summed E-state index contributed by atoms with van der Waals surface area (Å²) in [6.07, 6.45) is 0.650. The lowest BCUT2D eigenvalue weighted by Gasteiger charge is -2.14. The number of aryl methyl sites for hydroxylation is 2. The second kappa shape index (κ2) is 7.51. The molecule has 2 rings (SSSR count). The molecule has 3 nitrogen and oxygen atoms in total. The minimum absolute atomic E-state index is 0.195. The number of nitriles is 1. The van der Waals surface area contributed by atoms with Crippen LogP contribution in [0.4, 0.5) is 0 Å². The first-order chi connectivity index (χ1) is 10.7. The quantitative estimate of drug-likeness (QED) is 0.793. The Balaban J connectivity index is 2.01. The molecule has 0 bridgehead atoms. The van der Waals surface area contributed by atoms with Gasteiger partial charge in [0.1, 0.15) is 11.5 Å². The molecule has 0 fully saturated rings. The number of methoxy groups -OCH3 is 1. The highest BCUT2D eigenvalue weighted by Crippen LogP contribution is 2.26. The van der Waals surface area contributed by atoms with Gasteiger partial charge in [-0.2, -0.15) is 5.26 Å². The van der Waals surface area contributed by atoms with Crippen molar-refractivity contribution >= 4 is 0 Å². The Kier molecular flexibility index (Phi) is 5.43. The molecule has 0 aliphatic heterocycles. The highest BCUT2D eigenvalue weighted by Gasteiger charge is 2.12. The van der Waals surface area contributed by atoms with Crippen LogP contribution in [0.1, 0.15) is 29.0 Å². The number of benzene rings is 2. The lowest BCUT2D eigenvalue weighted by molar-refractivity contribution is 0.302. The van der Waals surface area contributed by atoms with Crippen LogP contribution in [0.3, 0.4) is 0 Å². The van der Waals surface area contributed by atoms with E-state index in [4.69, 9.17) is 9.47 Å². The van der Waals surface area contributed by atoms with E-state index < -0.39 is 0 Å². The molecule has 0 aliphatic rings. The average molecular weight is 295 g/mol. The SMILES string of the molecule is COc1cccc(C(C#N)CCOc2c(C)cccc2C)c1. The van der Waals surface area contributed by atoms with Crippen molar-refractivity contribution in [1.82, 2.24) is 0 Å². The number of nitrogens with zero attached hydrogens (tertiary/aromatic N) is 1. The van der Waals surface area contributed by atoms with Crippen LogP contribution < -0.4 is 9.47 Å². The molecule has 0 spiro atoms. The average Bonchev–Trinajstić information content (AvgIpc) is 2.54. The third-order valence-electron chi connectivity index (χ3n) is 3.71. The van der Waals surface area contributed by atoms with Gasteiger partial charge in [0.25, 0.3) is 0 Å². The maximum absolute atomic E-state index is 9.40. The Morgan fingerprint density at radius 2 is 1.77 bits per heavy atom. The molecular formula is C19H21NO2. The third kappa shape index (κ3) is 3.79. The van der Waals surface area contributed by atoms with Crippen LogP contribution >= 0.6 is 0 Å². The summed E-state index contributed by atoms with van der Waals surface area (Å²) in [6, 6.07) is 16.1. The van der Waals surface area contributed by atoms with Crippen LogP contribution in [-0.4, -0.2) is 13.7 Å². The predicted octanol–water partition coefficient (Wildman–Crippen LogP) is 4.39. The van der Waals surface area contributed by atoms with E-state index in [-0.39, 0.29) is 5.92 Å². The maximum Gasteiger partial charge on any atom is 0.125 e. The monoisotopic (exact) mass is 295 g/mol. The second-order valence-electron chi connectivity index (χ2n) is 5.32. The number of ether oxygens (including phenoxy) is 2.